The fourth-order valence-electron chi connectivity index (χ4n) is 1.45. The van der Waals surface area contributed by atoms with Crippen molar-refractivity contribution in [2.45, 2.75) is 40.7 Å². The van der Waals surface area contributed by atoms with Crippen molar-refractivity contribution in [3.8, 4) is 5.75 Å². The van der Waals surface area contributed by atoms with E-state index in [-0.39, 0.29) is 11.9 Å². The predicted molar refractivity (Wildman–Crippen MR) is 78.5 cm³/mol. The summed E-state index contributed by atoms with van der Waals surface area (Å²) in [6.07, 6.45) is 0. The van der Waals surface area contributed by atoms with Gasteiger partial charge in [-0.3, -0.25) is 4.79 Å². The van der Waals surface area contributed by atoms with E-state index < -0.39 is 0 Å². The average molecular weight is 263 g/mol. The zero-order valence-corrected chi connectivity index (χ0v) is 12.6. The maximum absolute atomic E-state index is 12.1. The second-order valence-electron chi connectivity index (χ2n) is 5.74. The van der Waals surface area contributed by atoms with E-state index >= 15 is 0 Å². The van der Waals surface area contributed by atoms with Gasteiger partial charge in [0.2, 0.25) is 0 Å². The zero-order chi connectivity index (χ0) is 14.4. The SMILES string of the molecule is CC(C)COc1cccc(C(=O)NC(C)C(C)C)c1. The van der Waals surface area contributed by atoms with Crippen LogP contribution in [0.2, 0.25) is 0 Å². The van der Waals surface area contributed by atoms with Crippen molar-refractivity contribution in [1.82, 2.24) is 5.32 Å². The highest BCUT2D eigenvalue weighted by Gasteiger charge is 2.13. The lowest BCUT2D eigenvalue weighted by Crippen LogP contribution is -2.36. The van der Waals surface area contributed by atoms with Crippen LogP contribution in [-0.4, -0.2) is 18.6 Å². The number of hydrogen-bond donors (Lipinski definition) is 1. The van der Waals surface area contributed by atoms with Gasteiger partial charge in [-0.2, -0.15) is 0 Å². The van der Waals surface area contributed by atoms with Crippen LogP contribution in [0.1, 0.15) is 45.0 Å². The first-order chi connectivity index (χ1) is 8.90. The summed E-state index contributed by atoms with van der Waals surface area (Å²) in [5.74, 6) is 1.59. The highest BCUT2D eigenvalue weighted by Crippen LogP contribution is 2.15. The van der Waals surface area contributed by atoms with Crippen LogP contribution in [0, 0.1) is 11.8 Å². The molecule has 0 aromatic heterocycles. The van der Waals surface area contributed by atoms with Gasteiger partial charge >= 0.3 is 0 Å². The molecule has 0 heterocycles. The van der Waals surface area contributed by atoms with E-state index in [2.05, 4.69) is 33.0 Å². The van der Waals surface area contributed by atoms with E-state index in [9.17, 15) is 4.79 Å². The minimum atomic E-state index is -0.0452. The summed E-state index contributed by atoms with van der Waals surface area (Å²) >= 11 is 0. The van der Waals surface area contributed by atoms with Crippen LogP contribution in [0.3, 0.4) is 0 Å². The third-order valence-electron chi connectivity index (χ3n) is 3.04. The van der Waals surface area contributed by atoms with E-state index in [0.29, 0.717) is 24.0 Å². The van der Waals surface area contributed by atoms with Gasteiger partial charge < -0.3 is 10.1 Å². The number of hydrogen-bond acceptors (Lipinski definition) is 2. The zero-order valence-electron chi connectivity index (χ0n) is 12.6. The lowest BCUT2D eigenvalue weighted by Gasteiger charge is -2.17. The summed E-state index contributed by atoms with van der Waals surface area (Å²) in [5, 5.41) is 2.99. The van der Waals surface area contributed by atoms with Crippen LogP contribution in [0.25, 0.3) is 0 Å². The van der Waals surface area contributed by atoms with E-state index in [1.165, 1.54) is 0 Å². The van der Waals surface area contributed by atoms with Gasteiger partial charge in [0.05, 0.1) is 6.61 Å². The number of nitrogens with one attached hydrogen (secondary N) is 1. The number of amides is 1. The molecule has 0 fully saturated rings. The molecule has 1 aromatic rings. The van der Waals surface area contributed by atoms with E-state index in [4.69, 9.17) is 4.74 Å². The van der Waals surface area contributed by atoms with Crippen LogP contribution >= 0.6 is 0 Å². The Labute approximate surface area is 116 Å². The maximum Gasteiger partial charge on any atom is 0.251 e. The normalized spacial score (nSPS) is 12.6. The summed E-state index contributed by atoms with van der Waals surface area (Å²) in [6.45, 7) is 11.1. The second-order valence-corrected chi connectivity index (χ2v) is 5.74. The highest BCUT2D eigenvalue weighted by molar-refractivity contribution is 5.94. The fraction of sp³-hybridized carbons (Fsp3) is 0.562. The molecule has 0 spiro atoms. The molecule has 1 atom stereocenters. The molecule has 0 saturated heterocycles. The third kappa shape index (κ3) is 5.33. The summed E-state index contributed by atoms with van der Waals surface area (Å²) in [7, 11) is 0. The molecule has 0 radical (unpaired) electrons. The monoisotopic (exact) mass is 263 g/mol. The number of rotatable bonds is 6. The van der Waals surface area contributed by atoms with E-state index in [1.807, 2.05) is 25.1 Å². The van der Waals surface area contributed by atoms with Crippen molar-refractivity contribution in [1.29, 1.82) is 0 Å². The van der Waals surface area contributed by atoms with Gasteiger partial charge in [-0.25, -0.2) is 0 Å². The Morgan fingerprint density at radius 1 is 1.21 bits per heavy atom. The molecule has 19 heavy (non-hydrogen) atoms. The van der Waals surface area contributed by atoms with Gasteiger partial charge in [0.25, 0.3) is 5.91 Å². The second kappa shape index (κ2) is 7.17. The van der Waals surface area contributed by atoms with Gasteiger partial charge in [-0.15, -0.1) is 0 Å². The van der Waals surface area contributed by atoms with E-state index in [0.717, 1.165) is 5.75 Å². The van der Waals surface area contributed by atoms with Crippen LogP contribution in [0.4, 0.5) is 0 Å². The Hall–Kier alpha value is -1.51. The lowest BCUT2D eigenvalue weighted by atomic mass is 10.1. The molecular weight excluding hydrogens is 238 g/mol. The molecule has 1 aromatic carbocycles. The predicted octanol–water partition coefficient (Wildman–Crippen LogP) is 3.50. The summed E-state index contributed by atoms with van der Waals surface area (Å²) in [4.78, 5) is 12.1. The molecule has 0 aliphatic rings. The first-order valence-corrected chi connectivity index (χ1v) is 6.94. The molecule has 1 rings (SSSR count). The quantitative estimate of drug-likeness (QED) is 0.853. The van der Waals surface area contributed by atoms with E-state index in [1.54, 1.807) is 6.07 Å². The Bertz CT molecular complexity index is 413. The van der Waals surface area contributed by atoms with Crippen LogP contribution in [0.15, 0.2) is 24.3 Å². The molecule has 0 aliphatic carbocycles. The van der Waals surface area contributed by atoms with Crippen molar-refractivity contribution in [3.05, 3.63) is 29.8 Å². The minimum absolute atomic E-state index is 0.0452. The Morgan fingerprint density at radius 3 is 2.47 bits per heavy atom. The van der Waals surface area contributed by atoms with Crippen molar-refractivity contribution in [2.75, 3.05) is 6.61 Å². The molecule has 1 N–H and O–H groups in total. The van der Waals surface area contributed by atoms with Crippen LogP contribution in [0.5, 0.6) is 5.75 Å². The molecule has 106 valence electrons. The molecule has 3 heteroatoms. The summed E-state index contributed by atoms with van der Waals surface area (Å²) in [6, 6.07) is 7.50. The number of benzene rings is 1. The topological polar surface area (TPSA) is 38.3 Å². The third-order valence-corrected chi connectivity index (χ3v) is 3.04. The largest absolute Gasteiger partial charge is 0.493 e. The molecule has 1 unspecified atom stereocenters. The van der Waals surface area contributed by atoms with Gasteiger partial charge in [-0.1, -0.05) is 33.8 Å². The van der Waals surface area contributed by atoms with Crippen LogP contribution in [-0.2, 0) is 0 Å². The molecule has 3 nitrogen and oxygen atoms in total. The van der Waals surface area contributed by atoms with Gasteiger partial charge in [-0.05, 0) is 37.0 Å². The van der Waals surface area contributed by atoms with Crippen molar-refractivity contribution in [2.24, 2.45) is 11.8 Å². The van der Waals surface area contributed by atoms with Gasteiger partial charge in [0.15, 0.2) is 0 Å². The molecular formula is C16H25NO2. The minimum Gasteiger partial charge on any atom is -0.493 e. The average Bonchev–Trinajstić information content (AvgIpc) is 2.36. The van der Waals surface area contributed by atoms with Crippen LogP contribution < -0.4 is 10.1 Å². The first kappa shape index (κ1) is 15.5. The van der Waals surface area contributed by atoms with Gasteiger partial charge in [0, 0.05) is 11.6 Å². The number of ether oxygens (including phenoxy) is 1. The Kier molecular flexibility index (Phi) is 5.87. The molecule has 0 bridgehead atoms. The Balaban J connectivity index is 2.67. The first-order valence-electron chi connectivity index (χ1n) is 6.94. The highest BCUT2D eigenvalue weighted by atomic mass is 16.5. The van der Waals surface area contributed by atoms with Crippen molar-refractivity contribution in [3.63, 3.8) is 0 Å². The Morgan fingerprint density at radius 2 is 1.89 bits per heavy atom. The molecule has 0 saturated carbocycles. The molecule has 0 aliphatic heterocycles. The van der Waals surface area contributed by atoms with Crippen molar-refractivity contribution < 1.29 is 9.53 Å². The smallest absolute Gasteiger partial charge is 0.251 e. The fourth-order valence-corrected chi connectivity index (χ4v) is 1.45. The lowest BCUT2D eigenvalue weighted by molar-refractivity contribution is 0.0930. The standard InChI is InChI=1S/C16H25NO2/c1-11(2)10-19-15-8-6-7-14(9-15)16(18)17-13(5)12(3)4/h6-9,11-13H,10H2,1-5H3,(H,17,18). The number of carbonyl (C=O) groups excluding carboxylic acids is 1. The van der Waals surface area contributed by atoms with Gasteiger partial charge in [0.1, 0.15) is 5.75 Å². The summed E-state index contributed by atoms with van der Waals surface area (Å²) in [5.41, 5.74) is 0.647. The maximum atomic E-state index is 12.1. The summed E-state index contributed by atoms with van der Waals surface area (Å²) < 4.78 is 5.63. The number of carbonyl (C=O) groups is 1. The van der Waals surface area contributed by atoms with Crippen molar-refractivity contribution >= 4 is 5.91 Å². The molecule has 1 amide bonds.